The van der Waals surface area contributed by atoms with Crippen molar-refractivity contribution >= 4 is 15.7 Å². The van der Waals surface area contributed by atoms with E-state index in [-0.39, 0.29) is 11.3 Å². The van der Waals surface area contributed by atoms with Crippen LogP contribution < -0.4 is 14.2 Å². The number of hydrogen-bond donors (Lipinski definition) is 1. The molecule has 1 atom stereocenters. The molecule has 2 aliphatic rings. The van der Waals surface area contributed by atoms with Crippen LogP contribution in [0.25, 0.3) is 0 Å². The van der Waals surface area contributed by atoms with E-state index >= 15 is 0 Å². The minimum Gasteiger partial charge on any atom is -0.493 e. The Labute approximate surface area is 145 Å². The lowest BCUT2D eigenvalue weighted by Gasteiger charge is -2.20. The Morgan fingerprint density at radius 2 is 1.88 bits per heavy atom. The van der Waals surface area contributed by atoms with Gasteiger partial charge in [0, 0.05) is 11.1 Å². The van der Waals surface area contributed by atoms with E-state index in [1.807, 2.05) is 6.07 Å². The maximum atomic E-state index is 12.4. The van der Waals surface area contributed by atoms with Gasteiger partial charge >= 0.3 is 0 Å². The highest BCUT2D eigenvalue weighted by Gasteiger charge is 2.52. The van der Waals surface area contributed by atoms with Crippen molar-refractivity contribution in [1.82, 2.24) is 4.72 Å². The van der Waals surface area contributed by atoms with Gasteiger partial charge in [0.05, 0.1) is 31.2 Å². The minimum atomic E-state index is -3.62. The van der Waals surface area contributed by atoms with Gasteiger partial charge < -0.3 is 14.3 Å². The molecule has 0 aromatic heterocycles. The van der Waals surface area contributed by atoms with E-state index in [1.54, 1.807) is 50.6 Å². The zero-order valence-electron chi connectivity index (χ0n) is 13.6. The second kappa shape index (κ2) is 5.47. The van der Waals surface area contributed by atoms with E-state index in [0.717, 1.165) is 5.56 Å². The molecular weight excluding hydrogens is 344 g/mol. The Kier molecular flexibility index (Phi) is 3.48. The summed E-state index contributed by atoms with van der Waals surface area (Å²) in [4.78, 5) is 5.81. The first-order valence-corrected chi connectivity index (χ1v) is 9.08. The molecule has 0 saturated heterocycles. The second-order valence-electron chi connectivity index (χ2n) is 5.80. The fourth-order valence-electron chi connectivity index (χ4n) is 3.16. The number of ether oxygens (including phenoxy) is 2. The van der Waals surface area contributed by atoms with Crippen LogP contribution in [0, 0.1) is 0 Å². The van der Waals surface area contributed by atoms with Crippen molar-refractivity contribution in [3.05, 3.63) is 53.6 Å². The smallest absolute Gasteiger partial charge is 0.244 e. The molecule has 0 aliphatic carbocycles. The second-order valence-corrected chi connectivity index (χ2v) is 7.46. The molecule has 25 heavy (non-hydrogen) atoms. The Bertz CT molecular complexity index is 986. The maximum absolute atomic E-state index is 12.4. The summed E-state index contributed by atoms with van der Waals surface area (Å²) in [6.45, 7) is 0. The molecule has 0 fully saturated rings. The molecule has 1 spiro atoms. The zero-order chi connectivity index (χ0) is 17.7. The quantitative estimate of drug-likeness (QED) is 0.904. The molecule has 1 N–H and O–H groups in total. The van der Waals surface area contributed by atoms with E-state index < -0.39 is 15.7 Å². The summed E-state index contributed by atoms with van der Waals surface area (Å²) >= 11 is 0. The van der Waals surface area contributed by atoms with Crippen molar-refractivity contribution in [2.75, 3.05) is 14.2 Å². The fraction of sp³-hybridized carbons (Fsp3) is 0.235. The van der Waals surface area contributed by atoms with Gasteiger partial charge in [0.15, 0.2) is 11.5 Å². The summed E-state index contributed by atoms with van der Waals surface area (Å²) in [5.74, 6) is 1.17. The number of hydrogen-bond acceptors (Lipinski definition) is 6. The van der Waals surface area contributed by atoms with Crippen molar-refractivity contribution in [3.63, 3.8) is 0 Å². The lowest BCUT2D eigenvalue weighted by Crippen LogP contribution is -2.39. The largest absolute Gasteiger partial charge is 0.493 e. The highest BCUT2D eigenvalue weighted by Crippen LogP contribution is 2.43. The molecule has 8 heteroatoms. The highest BCUT2D eigenvalue weighted by molar-refractivity contribution is 7.89. The van der Waals surface area contributed by atoms with Crippen LogP contribution in [-0.4, -0.2) is 28.3 Å². The van der Waals surface area contributed by atoms with Crippen LogP contribution in [0.15, 0.2) is 52.5 Å². The van der Waals surface area contributed by atoms with E-state index in [0.29, 0.717) is 22.8 Å². The summed E-state index contributed by atoms with van der Waals surface area (Å²) in [5, 5.41) is 4.13. The third-order valence-electron chi connectivity index (χ3n) is 4.36. The van der Waals surface area contributed by atoms with Gasteiger partial charge in [-0.3, -0.25) is 0 Å². The summed E-state index contributed by atoms with van der Waals surface area (Å²) in [6, 6.07) is 12.1. The molecule has 2 aromatic rings. The molecule has 0 bridgehead atoms. The Hall–Kier alpha value is -2.58. The van der Waals surface area contributed by atoms with Gasteiger partial charge in [-0.2, -0.15) is 4.72 Å². The molecular formula is C17H16N2O5S. The number of fused-ring (bicyclic) bond motifs is 2. The van der Waals surface area contributed by atoms with Crippen molar-refractivity contribution in [2.24, 2.45) is 5.16 Å². The molecule has 1 unspecified atom stereocenters. The summed E-state index contributed by atoms with van der Waals surface area (Å²) < 4.78 is 37.9. The van der Waals surface area contributed by atoms with Gasteiger partial charge in [-0.05, 0) is 24.3 Å². The molecule has 130 valence electrons. The standard InChI is InChI=1S/C17H16N2O5S/c1-22-14-8-7-11(9-15(14)23-2)13-10-17(24-18-13)12-5-3-4-6-16(12)25(20,21)19-17/h3-9,19H,10H2,1-2H3. The molecule has 4 rings (SSSR count). The fourth-order valence-corrected chi connectivity index (χ4v) is 4.71. The summed E-state index contributed by atoms with van der Waals surface area (Å²) in [7, 11) is -0.504. The van der Waals surface area contributed by atoms with E-state index in [2.05, 4.69) is 9.88 Å². The molecule has 2 aliphatic heterocycles. The Balaban J connectivity index is 1.71. The summed E-state index contributed by atoms with van der Waals surface area (Å²) in [6.07, 6.45) is 0.277. The Morgan fingerprint density at radius 3 is 2.64 bits per heavy atom. The number of methoxy groups -OCH3 is 2. The van der Waals surface area contributed by atoms with Crippen LogP contribution in [0.1, 0.15) is 17.5 Å². The monoisotopic (exact) mass is 360 g/mol. The number of nitrogens with one attached hydrogen (secondary N) is 1. The first-order valence-electron chi connectivity index (χ1n) is 7.60. The van der Waals surface area contributed by atoms with E-state index in [4.69, 9.17) is 14.3 Å². The topological polar surface area (TPSA) is 86.2 Å². The summed E-state index contributed by atoms with van der Waals surface area (Å²) in [5.41, 5.74) is 0.769. The van der Waals surface area contributed by atoms with Crippen LogP contribution in [0.3, 0.4) is 0 Å². The van der Waals surface area contributed by atoms with Crippen LogP contribution in [0.2, 0.25) is 0 Å². The predicted molar refractivity (Wildman–Crippen MR) is 90.2 cm³/mol. The lowest BCUT2D eigenvalue weighted by molar-refractivity contribution is -0.0301. The van der Waals surface area contributed by atoms with Crippen LogP contribution in [0.5, 0.6) is 11.5 Å². The third-order valence-corrected chi connectivity index (χ3v) is 5.89. The average molecular weight is 360 g/mol. The van der Waals surface area contributed by atoms with Gasteiger partial charge in [-0.15, -0.1) is 0 Å². The molecule has 2 aromatic carbocycles. The number of benzene rings is 2. The first-order chi connectivity index (χ1) is 12.0. The number of nitrogens with zero attached hydrogens (tertiary/aromatic N) is 1. The van der Waals surface area contributed by atoms with Crippen LogP contribution >= 0.6 is 0 Å². The number of sulfonamides is 1. The van der Waals surface area contributed by atoms with Gasteiger partial charge in [0.25, 0.3) is 0 Å². The number of oxime groups is 1. The van der Waals surface area contributed by atoms with Gasteiger partial charge in [-0.25, -0.2) is 8.42 Å². The molecule has 2 heterocycles. The third kappa shape index (κ3) is 2.37. The Morgan fingerprint density at radius 1 is 1.12 bits per heavy atom. The molecule has 0 saturated carbocycles. The van der Waals surface area contributed by atoms with E-state index in [1.165, 1.54) is 0 Å². The van der Waals surface area contributed by atoms with Crippen molar-refractivity contribution < 1.29 is 22.7 Å². The lowest BCUT2D eigenvalue weighted by atomic mass is 9.95. The minimum absolute atomic E-state index is 0.221. The maximum Gasteiger partial charge on any atom is 0.244 e. The van der Waals surface area contributed by atoms with Gasteiger partial charge in [0.2, 0.25) is 15.7 Å². The molecule has 0 amide bonds. The molecule has 0 radical (unpaired) electrons. The first kappa shape index (κ1) is 15.9. The van der Waals surface area contributed by atoms with Crippen molar-refractivity contribution in [2.45, 2.75) is 17.0 Å². The SMILES string of the molecule is COc1ccc(C2=NOC3(C2)NS(=O)(=O)c2ccccc23)cc1OC. The van der Waals surface area contributed by atoms with E-state index in [9.17, 15) is 8.42 Å². The van der Waals surface area contributed by atoms with Crippen molar-refractivity contribution in [1.29, 1.82) is 0 Å². The average Bonchev–Trinajstić information content (AvgIpc) is 3.14. The van der Waals surface area contributed by atoms with Crippen LogP contribution in [-0.2, 0) is 20.6 Å². The highest BCUT2D eigenvalue weighted by atomic mass is 32.2. The van der Waals surface area contributed by atoms with Gasteiger partial charge in [-0.1, -0.05) is 23.4 Å². The van der Waals surface area contributed by atoms with Crippen LogP contribution in [0.4, 0.5) is 0 Å². The van der Waals surface area contributed by atoms with Crippen molar-refractivity contribution in [3.8, 4) is 11.5 Å². The zero-order valence-corrected chi connectivity index (χ0v) is 14.5. The normalized spacial score (nSPS) is 23.0. The number of rotatable bonds is 3. The molecule has 7 nitrogen and oxygen atoms in total. The predicted octanol–water partition coefficient (Wildman–Crippen LogP) is 1.97. The van der Waals surface area contributed by atoms with Gasteiger partial charge in [0.1, 0.15) is 0 Å².